The third-order valence-electron chi connectivity index (χ3n) is 4.02. The quantitative estimate of drug-likeness (QED) is 0.802. The van der Waals surface area contributed by atoms with E-state index in [1.807, 2.05) is 6.07 Å². The minimum absolute atomic E-state index is 0.231. The Morgan fingerprint density at radius 1 is 1.44 bits per heavy atom. The number of ether oxygens (including phenoxy) is 1. The third kappa shape index (κ3) is 4.44. The van der Waals surface area contributed by atoms with Gasteiger partial charge < -0.3 is 10.1 Å². The van der Waals surface area contributed by atoms with E-state index in [0.717, 1.165) is 11.1 Å². The second-order valence-corrected chi connectivity index (χ2v) is 7.87. The van der Waals surface area contributed by atoms with Crippen molar-refractivity contribution in [2.24, 2.45) is 0 Å². The predicted octanol–water partition coefficient (Wildman–Crippen LogP) is 0.467. The average molecular weight is 364 g/mol. The maximum atomic E-state index is 12.4. The highest BCUT2D eigenvalue weighted by molar-refractivity contribution is 7.88. The molecule has 1 fully saturated rings. The number of benzene rings is 1. The lowest BCUT2D eigenvalue weighted by atomic mass is 10.1. The van der Waals surface area contributed by atoms with Crippen molar-refractivity contribution < 1.29 is 17.9 Å². The van der Waals surface area contributed by atoms with E-state index < -0.39 is 10.0 Å². The normalized spacial score (nSPS) is 18.8. The van der Waals surface area contributed by atoms with Crippen LogP contribution in [0.2, 0.25) is 0 Å². The molecule has 1 aromatic carbocycles. The number of morpholine rings is 1. The zero-order valence-corrected chi connectivity index (χ0v) is 14.6. The predicted molar refractivity (Wildman–Crippen MR) is 92.5 cm³/mol. The van der Waals surface area contributed by atoms with Gasteiger partial charge in [-0.05, 0) is 17.7 Å². The van der Waals surface area contributed by atoms with Crippen LogP contribution in [0.15, 0.2) is 36.7 Å². The lowest BCUT2D eigenvalue weighted by Crippen LogP contribution is -2.49. The molecule has 0 saturated carbocycles. The fourth-order valence-electron chi connectivity index (χ4n) is 2.67. The molecule has 9 heteroatoms. The fraction of sp³-hybridized carbons (Fsp3) is 0.375. The Balaban J connectivity index is 1.60. The highest BCUT2D eigenvalue weighted by Crippen LogP contribution is 2.18. The Morgan fingerprint density at radius 3 is 3.00 bits per heavy atom. The molecule has 1 aliphatic heterocycles. The van der Waals surface area contributed by atoms with Gasteiger partial charge in [0.2, 0.25) is 10.0 Å². The van der Waals surface area contributed by atoms with Crippen molar-refractivity contribution in [3.8, 4) is 11.1 Å². The molecule has 8 nitrogen and oxygen atoms in total. The number of hydrogen-bond donors (Lipinski definition) is 2. The molecule has 1 saturated heterocycles. The Kier molecular flexibility index (Phi) is 5.16. The first-order valence-electron chi connectivity index (χ1n) is 7.87. The first-order valence-corrected chi connectivity index (χ1v) is 9.72. The van der Waals surface area contributed by atoms with Crippen molar-refractivity contribution in [3.63, 3.8) is 0 Å². The van der Waals surface area contributed by atoms with Gasteiger partial charge in [0.05, 0.1) is 25.2 Å². The zero-order valence-electron chi connectivity index (χ0n) is 13.8. The minimum atomic E-state index is -3.25. The van der Waals surface area contributed by atoms with Crippen LogP contribution < -0.4 is 5.32 Å². The van der Waals surface area contributed by atoms with Crippen molar-refractivity contribution in [3.05, 3.63) is 42.2 Å². The molecule has 3 rings (SSSR count). The monoisotopic (exact) mass is 364 g/mol. The summed E-state index contributed by atoms with van der Waals surface area (Å²) < 4.78 is 30.1. The molecular formula is C16H20N4O4S. The number of sulfonamides is 1. The Hall–Kier alpha value is -2.23. The largest absolute Gasteiger partial charge is 0.374 e. The number of aromatic nitrogens is 2. The van der Waals surface area contributed by atoms with Crippen molar-refractivity contribution in [1.29, 1.82) is 0 Å². The number of amides is 1. The van der Waals surface area contributed by atoms with Gasteiger partial charge in [-0.15, -0.1) is 0 Å². The molecule has 0 radical (unpaired) electrons. The molecule has 0 bridgehead atoms. The molecule has 0 spiro atoms. The topological polar surface area (TPSA) is 104 Å². The number of carbonyl (C=O) groups is 1. The van der Waals surface area contributed by atoms with Crippen LogP contribution in [0, 0.1) is 0 Å². The average Bonchev–Trinajstić information content (AvgIpc) is 3.14. The van der Waals surface area contributed by atoms with E-state index in [0.29, 0.717) is 18.7 Å². The second kappa shape index (κ2) is 7.34. The SMILES string of the molecule is CS(=O)(=O)N1CCOC(CNC(=O)c2cccc(-c3cn[nH]c3)c2)C1. The van der Waals surface area contributed by atoms with E-state index in [-0.39, 0.29) is 25.1 Å². The lowest BCUT2D eigenvalue weighted by Gasteiger charge is -2.31. The highest BCUT2D eigenvalue weighted by Gasteiger charge is 2.26. The first kappa shape index (κ1) is 17.6. The molecule has 2 heterocycles. The molecule has 1 unspecified atom stereocenters. The van der Waals surface area contributed by atoms with E-state index >= 15 is 0 Å². The zero-order chi connectivity index (χ0) is 17.9. The number of nitrogens with one attached hydrogen (secondary N) is 2. The number of rotatable bonds is 5. The van der Waals surface area contributed by atoms with Gasteiger partial charge in [0.25, 0.3) is 5.91 Å². The molecule has 0 aliphatic carbocycles. The first-order chi connectivity index (χ1) is 11.9. The minimum Gasteiger partial charge on any atom is -0.374 e. The summed E-state index contributed by atoms with van der Waals surface area (Å²) in [6, 6.07) is 7.21. The molecule has 1 atom stereocenters. The van der Waals surface area contributed by atoms with Crippen molar-refractivity contribution in [2.75, 3.05) is 32.5 Å². The number of H-pyrrole nitrogens is 1. The molecule has 2 N–H and O–H groups in total. The van der Waals surface area contributed by atoms with Crippen molar-refractivity contribution in [1.82, 2.24) is 19.8 Å². The Bertz CT molecular complexity index is 836. The van der Waals surface area contributed by atoms with E-state index in [9.17, 15) is 13.2 Å². The van der Waals surface area contributed by atoms with Crippen LogP contribution in [-0.4, -0.2) is 67.4 Å². The summed E-state index contributed by atoms with van der Waals surface area (Å²) in [5.41, 5.74) is 2.31. The Morgan fingerprint density at radius 2 is 2.28 bits per heavy atom. The summed E-state index contributed by atoms with van der Waals surface area (Å²) in [6.45, 7) is 1.16. The van der Waals surface area contributed by atoms with Gasteiger partial charge in [-0.1, -0.05) is 12.1 Å². The summed E-state index contributed by atoms with van der Waals surface area (Å²) in [4.78, 5) is 12.4. The van der Waals surface area contributed by atoms with Crippen LogP contribution in [-0.2, 0) is 14.8 Å². The van der Waals surface area contributed by atoms with Crippen LogP contribution in [0.25, 0.3) is 11.1 Å². The fourth-order valence-corrected chi connectivity index (χ4v) is 3.52. The summed E-state index contributed by atoms with van der Waals surface area (Å²) in [6.07, 6.45) is 4.26. The molecule has 134 valence electrons. The van der Waals surface area contributed by atoms with E-state index in [1.54, 1.807) is 30.6 Å². The number of carbonyl (C=O) groups excluding carboxylic acids is 1. The lowest BCUT2D eigenvalue weighted by molar-refractivity contribution is 0.000438. The van der Waals surface area contributed by atoms with Crippen molar-refractivity contribution >= 4 is 15.9 Å². The summed E-state index contributed by atoms with van der Waals surface area (Å²) in [7, 11) is -3.25. The molecule has 2 aromatic rings. The number of hydrogen-bond acceptors (Lipinski definition) is 5. The summed E-state index contributed by atoms with van der Waals surface area (Å²) in [5, 5.41) is 9.45. The maximum Gasteiger partial charge on any atom is 0.251 e. The molecule has 25 heavy (non-hydrogen) atoms. The highest BCUT2D eigenvalue weighted by atomic mass is 32.2. The van der Waals surface area contributed by atoms with E-state index in [4.69, 9.17) is 4.74 Å². The number of nitrogens with zero attached hydrogens (tertiary/aromatic N) is 2. The van der Waals surface area contributed by atoms with Crippen LogP contribution >= 0.6 is 0 Å². The number of aromatic amines is 1. The second-order valence-electron chi connectivity index (χ2n) is 5.89. The van der Waals surface area contributed by atoms with Crippen LogP contribution in [0.1, 0.15) is 10.4 Å². The summed E-state index contributed by atoms with van der Waals surface area (Å²) >= 11 is 0. The van der Waals surface area contributed by atoms with E-state index in [2.05, 4.69) is 15.5 Å². The van der Waals surface area contributed by atoms with Gasteiger partial charge in [0, 0.05) is 37.0 Å². The van der Waals surface area contributed by atoms with Crippen LogP contribution in [0.5, 0.6) is 0 Å². The molecule has 1 aliphatic rings. The Labute approximate surface area is 146 Å². The summed E-state index contributed by atoms with van der Waals surface area (Å²) in [5.74, 6) is -0.231. The maximum absolute atomic E-state index is 12.4. The standard InChI is InChI=1S/C16H20N4O4S/c1-25(22,23)20-5-6-24-15(11-20)10-17-16(21)13-4-2-3-12(7-13)14-8-18-19-9-14/h2-4,7-9,15H,5-6,10-11H2,1H3,(H,17,21)(H,18,19). The molecule has 1 aromatic heterocycles. The molecular weight excluding hydrogens is 344 g/mol. The van der Waals surface area contributed by atoms with Gasteiger partial charge in [-0.2, -0.15) is 9.40 Å². The van der Waals surface area contributed by atoms with Gasteiger partial charge in [0.1, 0.15) is 0 Å². The van der Waals surface area contributed by atoms with E-state index in [1.165, 1.54) is 10.6 Å². The van der Waals surface area contributed by atoms with Crippen LogP contribution in [0.4, 0.5) is 0 Å². The third-order valence-corrected chi connectivity index (χ3v) is 5.29. The van der Waals surface area contributed by atoms with Crippen molar-refractivity contribution in [2.45, 2.75) is 6.10 Å². The van der Waals surface area contributed by atoms with Crippen LogP contribution in [0.3, 0.4) is 0 Å². The smallest absolute Gasteiger partial charge is 0.251 e. The van der Waals surface area contributed by atoms with Gasteiger partial charge in [0.15, 0.2) is 0 Å². The van der Waals surface area contributed by atoms with Gasteiger partial charge in [-0.3, -0.25) is 9.89 Å². The molecule has 1 amide bonds. The van der Waals surface area contributed by atoms with Gasteiger partial charge in [-0.25, -0.2) is 8.42 Å². The van der Waals surface area contributed by atoms with Gasteiger partial charge >= 0.3 is 0 Å².